The van der Waals surface area contributed by atoms with Gasteiger partial charge in [-0.2, -0.15) is 0 Å². The number of nitrogens with zero attached hydrogens (tertiary/aromatic N) is 1. The van der Waals surface area contributed by atoms with Crippen molar-refractivity contribution in [3.63, 3.8) is 0 Å². The largest absolute Gasteiger partial charge is 0.493 e. The van der Waals surface area contributed by atoms with Crippen LogP contribution in [0.15, 0.2) is 29.2 Å². The molecule has 21 heavy (non-hydrogen) atoms. The molecule has 0 bridgehead atoms. The van der Waals surface area contributed by atoms with E-state index in [1.807, 2.05) is 19.0 Å². The van der Waals surface area contributed by atoms with Gasteiger partial charge < -0.3 is 14.7 Å². The van der Waals surface area contributed by atoms with Crippen LogP contribution in [0.25, 0.3) is 0 Å². The molecule has 118 valence electrons. The molecule has 0 aliphatic heterocycles. The smallest absolute Gasteiger partial charge is 0.306 e. The van der Waals surface area contributed by atoms with Crippen molar-refractivity contribution >= 4 is 16.0 Å². The van der Waals surface area contributed by atoms with E-state index in [1.165, 1.54) is 24.3 Å². The lowest BCUT2D eigenvalue weighted by atomic mass is 10.3. The summed E-state index contributed by atoms with van der Waals surface area (Å²) in [6.07, 6.45) is -0.105. The lowest BCUT2D eigenvalue weighted by Gasteiger charge is -2.11. The average molecular weight is 316 g/mol. The molecule has 7 nitrogen and oxygen atoms in total. The van der Waals surface area contributed by atoms with E-state index in [-0.39, 0.29) is 17.9 Å². The van der Waals surface area contributed by atoms with Crippen LogP contribution < -0.4 is 9.46 Å². The molecule has 0 amide bonds. The third-order valence-electron chi connectivity index (χ3n) is 2.57. The minimum Gasteiger partial charge on any atom is -0.493 e. The first-order valence-corrected chi connectivity index (χ1v) is 7.88. The Kier molecular flexibility index (Phi) is 6.60. The van der Waals surface area contributed by atoms with Crippen LogP contribution in [0.2, 0.25) is 0 Å². The number of sulfonamides is 1. The normalized spacial score (nSPS) is 11.6. The van der Waals surface area contributed by atoms with E-state index in [4.69, 9.17) is 9.84 Å². The topological polar surface area (TPSA) is 95.9 Å². The van der Waals surface area contributed by atoms with Crippen LogP contribution in [0, 0.1) is 0 Å². The van der Waals surface area contributed by atoms with E-state index in [1.54, 1.807) is 0 Å². The highest BCUT2D eigenvalue weighted by atomic mass is 32.2. The molecule has 0 aliphatic carbocycles. The molecule has 0 radical (unpaired) electrons. The highest BCUT2D eigenvalue weighted by molar-refractivity contribution is 7.89. The van der Waals surface area contributed by atoms with Gasteiger partial charge in [-0.3, -0.25) is 4.79 Å². The number of carbonyl (C=O) groups is 1. The first kappa shape index (κ1) is 17.4. The summed E-state index contributed by atoms with van der Waals surface area (Å²) in [5.41, 5.74) is 0. The number of benzene rings is 1. The summed E-state index contributed by atoms with van der Waals surface area (Å²) in [5.74, 6) is -0.511. The van der Waals surface area contributed by atoms with Crippen LogP contribution in [0.5, 0.6) is 5.75 Å². The molecule has 0 heterocycles. The van der Waals surface area contributed by atoms with E-state index in [9.17, 15) is 13.2 Å². The summed E-state index contributed by atoms with van der Waals surface area (Å²) in [4.78, 5) is 12.4. The van der Waals surface area contributed by atoms with Crippen molar-refractivity contribution < 1.29 is 23.1 Å². The molecule has 0 unspecified atom stereocenters. The van der Waals surface area contributed by atoms with Crippen LogP contribution in [0.1, 0.15) is 6.42 Å². The summed E-state index contributed by atoms with van der Waals surface area (Å²) in [6.45, 7) is 0.977. The zero-order valence-electron chi connectivity index (χ0n) is 12.1. The molecule has 0 aliphatic rings. The minimum absolute atomic E-state index is 0.0442. The van der Waals surface area contributed by atoms with Crippen molar-refractivity contribution in [2.75, 3.05) is 33.8 Å². The lowest BCUT2D eigenvalue weighted by Crippen LogP contribution is -2.31. The molecule has 1 aromatic carbocycles. The quantitative estimate of drug-likeness (QED) is 0.684. The Bertz CT molecular complexity index is 554. The fourth-order valence-electron chi connectivity index (χ4n) is 1.46. The van der Waals surface area contributed by atoms with Gasteiger partial charge in [0.1, 0.15) is 5.75 Å². The maximum atomic E-state index is 12.0. The number of aliphatic carboxylic acids is 1. The van der Waals surface area contributed by atoms with E-state index in [0.717, 1.165) is 0 Å². The molecule has 0 saturated heterocycles. The monoisotopic (exact) mass is 316 g/mol. The van der Waals surface area contributed by atoms with Crippen LogP contribution in [0.3, 0.4) is 0 Å². The van der Waals surface area contributed by atoms with E-state index in [0.29, 0.717) is 18.8 Å². The maximum Gasteiger partial charge on any atom is 0.306 e. The molecule has 0 spiro atoms. The van der Waals surface area contributed by atoms with Crippen molar-refractivity contribution in [1.82, 2.24) is 9.62 Å². The molecule has 1 rings (SSSR count). The van der Waals surface area contributed by atoms with Gasteiger partial charge in [0.2, 0.25) is 10.0 Å². The second-order valence-electron chi connectivity index (χ2n) is 4.66. The zero-order valence-corrected chi connectivity index (χ0v) is 12.9. The van der Waals surface area contributed by atoms with Crippen LogP contribution in [-0.2, 0) is 14.8 Å². The number of likely N-dealkylation sites (N-methyl/N-ethyl adjacent to an activating group) is 1. The van der Waals surface area contributed by atoms with Gasteiger partial charge in [-0.15, -0.1) is 0 Å². The van der Waals surface area contributed by atoms with Gasteiger partial charge in [-0.1, -0.05) is 0 Å². The number of hydrogen-bond acceptors (Lipinski definition) is 5. The summed E-state index contributed by atoms with van der Waals surface area (Å²) >= 11 is 0. The van der Waals surface area contributed by atoms with Crippen LogP contribution in [-0.4, -0.2) is 58.2 Å². The summed E-state index contributed by atoms with van der Waals surface area (Å²) in [6, 6.07) is 5.85. The van der Waals surface area contributed by atoms with Gasteiger partial charge in [-0.25, -0.2) is 13.1 Å². The van der Waals surface area contributed by atoms with Gasteiger partial charge in [0, 0.05) is 13.1 Å². The lowest BCUT2D eigenvalue weighted by molar-refractivity contribution is -0.137. The van der Waals surface area contributed by atoms with Crippen molar-refractivity contribution in [2.24, 2.45) is 0 Å². The Morgan fingerprint density at radius 3 is 2.43 bits per heavy atom. The van der Waals surface area contributed by atoms with Gasteiger partial charge in [0.15, 0.2) is 0 Å². The minimum atomic E-state index is -3.53. The summed E-state index contributed by atoms with van der Waals surface area (Å²) in [7, 11) is 0.184. The fourth-order valence-corrected chi connectivity index (χ4v) is 2.48. The second-order valence-corrected chi connectivity index (χ2v) is 6.43. The SMILES string of the molecule is CN(C)CCNS(=O)(=O)c1ccc(OCCC(=O)O)cc1. The first-order valence-electron chi connectivity index (χ1n) is 6.40. The van der Waals surface area contributed by atoms with Crippen molar-refractivity contribution in [2.45, 2.75) is 11.3 Å². The Hall–Kier alpha value is -1.64. The third-order valence-corrected chi connectivity index (χ3v) is 4.05. The van der Waals surface area contributed by atoms with Gasteiger partial charge in [0.05, 0.1) is 17.9 Å². The van der Waals surface area contributed by atoms with Crippen LogP contribution >= 0.6 is 0 Å². The van der Waals surface area contributed by atoms with Crippen molar-refractivity contribution in [1.29, 1.82) is 0 Å². The van der Waals surface area contributed by atoms with Gasteiger partial charge >= 0.3 is 5.97 Å². The Balaban J connectivity index is 2.57. The number of ether oxygens (including phenoxy) is 1. The molecule has 8 heteroatoms. The fraction of sp³-hybridized carbons (Fsp3) is 0.462. The molecule has 2 N–H and O–H groups in total. The summed E-state index contributed by atoms with van der Waals surface area (Å²) < 4.78 is 31.7. The maximum absolute atomic E-state index is 12.0. The predicted octanol–water partition coefficient (Wildman–Crippen LogP) is 0.380. The molecule has 1 aromatic rings. The molecule has 0 saturated carbocycles. The number of carboxylic acid groups (broad SMARTS) is 1. The average Bonchev–Trinajstić information content (AvgIpc) is 2.38. The Morgan fingerprint density at radius 1 is 1.29 bits per heavy atom. The first-order chi connectivity index (χ1) is 9.81. The number of carboxylic acids is 1. The van der Waals surface area contributed by atoms with Crippen molar-refractivity contribution in [3.05, 3.63) is 24.3 Å². The predicted molar refractivity (Wildman–Crippen MR) is 77.9 cm³/mol. The Labute approximate surface area is 124 Å². The third kappa shape index (κ3) is 6.56. The second kappa shape index (κ2) is 7.96. The summed E-state index contributed by atoms with van der Waals surface area (Å²) in [5, 5.41) is 8.49. The van der Waals surface area contributed by atoms with Gasteiger partial charge in [0.25, 0.3) is 0 Å². The molecular weight excluding hydrogens is 296 g/mol. The number of rotatable bonds is 9. The van der Waals surface area contributed by atoms with Crippen LogP contribution in [0.4, 0.5) is 0 Å². The Morgan fingerprint density at radius 2 is 1.90 bits per heavy atom. The standard InChI is InChI=1S/C13H20N2O5S/c1-15(2)9-8-14-21(18,19)12-5-3-11(4-6-12)20-10-7-13(16)17/h3-6,14H,7-10H2,1-2H3,(H,16,17). The molecule has 0 aromatic heterocycles. The van der Waals surface area contributed by atoms with E-state index >= 15 is 0 Å². The van der Waals surface area contributed by atoms with Gasteiger partial charge in [-0.05, 0) is 38.4 Å². The van der Waals surface area contributed by atoms with Crippen molar-refractivity contribution in [3.8, 4) is 5.75 Å². The highest BCUT2D eigenvalue weighted by Crippen LogP contribution is 2.15. The molecule has 0 atom stereocenters. The highest BCUT2D eigenvalue weighted by Gasteiger charge is 2.13. The molecular formula is C13H20N2O5S. The van der Waals surface area contributed by atoms with E-state index < -0.39 is 16.0 Å². The molecule has 0 fully saturated rings. The number of hydrogen-bond donors (Lipinski definition) is 2. The van der Waals surface area contributed by atoms with E-state index in [2.05, 4.69) is 4.72 Å². The number of nitrogens with one attached hydrogen (secondary N) is 1. The zero-order chi connectivity index (χ0) is 15.9.